The van der Waals surface area contributed by atoms with Gasteiger partial charge in [0.15, 0.2) is 0 Å². The number of methoxy groups -OCH3 is 2. The number of carbonyl (C=O) groups is 3. The predicted molar refractivity (Wildman–Crippen MR) is 59.2 cm³/mol. The van der Waals surface area contributed by atoms with E-state index in [1.165, 1.54) is 7.11 Å². The SMILES string of the molecule is COC(=O)NC(=O)CNC(C(=O)OC)C(C)C. The molecule has 0 saturated heterocycles. The molecule has 0 aromatic carbocycles. The van der Waals surface area contributed by atoms with E-state index in [-0.39, 0.29) is 12.5 Å². The smallest absolute Gasteiger partial charge is 0.413 e. The van der Waals surface area contributed by atoms with Crippen molar-refractivity contribution < 1.29 is 23.9 Å². The molecule has 0 aliphatic rings. The van der Waals surface area contributed by atoms with Crippen LogP contribution in [-0.2, 0) is 19.1 Å². The van der Waals surface area contributed by atoms with Crippen molar-refractivity contribution in [2.75, 3.05) is 20.8 Å². The van der Waals surface area contributed by atoms with Gasteiger partial charge < -0.3 is 9.47 Å². The first-order valence-corrected chi connectivity index (χ1v) is 5.11. The molecule has 2 amide bonds. The highest BCUT2D eigenvalue weighted by Crippen LogP contribution is 2.02. The predicted octanol–water partition coefficient (Wildman–Crippen LogP) is -0.344. The summed E-state index contributed by atoms with van der Waals surface area (Å²) < 4.78 is 8.84. The molecule has 2 N–H and O–H groups in total. The molecule has 0 spiro atoms. The topological polar surface area (TPSA) is 93.7 Å². The van der Waals surface area contributed by atoms with Crippen LogP contribution in [0.1, 0.15) is 13.8 Å². The molecule has 0 heterocycles. The average Bonchev–Trinajstić information content (AvgIpc) is 2.28. The molecule has 98 valence electrons. The Morgan fingerprint density at radius 3 is 2.12 bits per heavy atom. The fourth-order valence-corrected chi connectivity index (χ4v) is 1.13. The lowest BCUT2D eigenvalue weighted by Crippen LogP contribution is -2.47. The van der Waals surface area contributed by atoms with E-state index in [4.69, 9.17) is 0 Å². The number of rotatable bonds is 5. The van der Waals surface area contributed by atoms with Crippen molar-refractivity contribution in [3.05, 3.63) is 0 Å². The summed E-state index contributed by atoms with van der Waals surface area (Å²) in [5, 5.41) is 4.67. The normalized spacial score (nSPS) is 11.8. The quantitative estimate of drug-likeness (QED) is 0.644. The first kappa shape index (κ1) is 15.4. The number of alkyl carbamates (subject to hydrolysis) is 1. The summed E-state index contributed by atoms with van der Waals surface area (Å²) in [6.45, 7) is 3.45. The minimum atomic E-state index is -0.837. The Labute approximate surface area is 99.8 Å². The van der Waals surface area contributed by atoms with Gasteiger partial charge >= 0.3 is 12.1 Å². The number of esters is 1. The molecule has 1 unspecified atom stereocenters. The van der Waals surface area contributed by atoms with Gasteiger partial charge in [-0.25, -0.2) is 4.79 Å². The Kier molecular flexibility index (Phi) is 6.88. The van der Waals surface area contributed by atoms with Crippen molar-refractivity contribution in [2.45, 2.75) is 19.9 Å². The number of carbonyl (C=O) groups excluding carboxylic acids is 3. The molecule has 0 aromatic heterocycles. The summed E-state index contributed by atoms with van der Waals surface area (Å²) in [5.74, 6) is -1.06. The molecular formula is C10H18N2O5. The van der Waals surface area contributed by atoms with Gasteiger partial charge in [-0.05, 0) is 5.92 Å². The maximum Gasteiger partial charge on any atom is 0.413 e. The van der Waals surface area contributed by atoms with Gasteiger partial charge in [-0.1, -0.05) is 13.8 Å². The van der Waals surface area contributed by atoms with Crippen molar-refractivity contribution in [2.24, 2.45) is 5.92 Å². The number of amides is 2. The number of imide groups is 1. The van der Waals surface area contributed by atoms with Crippen molar-refractivity contribution in [1.29, 1.82) is 0 Å². The van der Waals surface area contributed by atoms with Crippen molar-refractivity contribution in [1.82, 2.24) is 10.6 Å². The number of hydrogen-bond acceptors (Lipinski definition) is 6. The molecule has 0 bridgehead atoms. The molecule has 7 heteroatoms. The monoisotopic (exact) mass is 246 g/mol. The molecule has 1 atom stereocenters. The second-order valence-electron chi connectivity index (χ2n) is 3.67. The van der Waals surface area contributed by atoms with E-state index < -0.39 is 24.0 Å². The first-order valence-electron chi connectivity index (χ1n) is 5.11. The molecule has 0 aliphatic heterocycles. The van der Waals surface area contributed by atoms with Crippen LogP contribution in [0.3, 0.4) is 0 Å². The van der Waals surface area contributed by atoms with Crippen molar-refractivity contribution in [3.63, 3.8) is 0 Å². The van der Waals surface area contributed by atoms with Gasteiger partial charge in [0.05, 0.1) is 20.8 Å². The molecule has 0 aliphatic carbocycles. The highest BCUT2D eigenvalue weighted by molar-refractivity contribution is 5.93. The van der Waals surface area contributed by atoms with Crippen molar-refractivity contribution >= 4 is 18.0 Å². The van der Waals surface area contributed by atoms with E-state index in [2.05, 4.69) is 14.8 Å². The zero-order chi connectivity index (χ0) is 13.4. The summed E-state index contributed by atoms with van der Waals surface area (Å²) in [5.41, 5.74) is 0. The third-order valence-corrected chi connectivity index (χ3v) is 2.03. The minimum Gasteiger partial charge on any atom is -0.468 e. The Morgan fingerprint density at radius 1 is 1.12 bits per heavy atom. The Bertz CT molecular complexity index is 290. The lowest BCUT2D eigenvalue weighted by molar-refractivity contribution is -0.144. The third-order valence-electron chi connectivity index (χ3n) is 2.03. The highest BCUT2D eigenvalue weighted by atomic mass is 16.5. The molecule has 7 nitrogen and oxygen atoms in total. The van der Waals surface area contributed by atoms with Crippen LogP contribution < -0.4 is 10.6 Å². The Balaban J connectivity index is 4.18. The molecule has 17 heavy (non-hydrogen) atoms. The van der Waals surface area contributed by atoms with Crippen LogP contribution in [0.4, 0.5) is 4.79 Å². The summed E-state index contributed by atoms with van der Waals surface area (Å²) >= 11 is 0. The van der Waals surface area contributed by atoms with Gasteiger partial charge in [-0.2, -0.15) is 0 Å². The highest BCUT2D eigenvalue weighted by Gasteiger charge is 2.23. The van der Waals surface area contributed by atoms with Crippen LogP contribution in [0.25, 0.3) is 0 Å². The fourth-order valence-electron chi connectivity index (χ4n) is 1.13. The van der Waals surface area contributed by atoms with E-state index in [1.54, 1.807) is 0 Å². The summed E-state index contributed by atoms with van der Waals surface area (Å²) in [6, 6.07) is -0.594. The van der Waals surface area contributed by atoms with E-state index >= 15 is 0 Å². The van der Waals surface area contributed by atoms with Gasteiger partial charge in [0, 0.05) is 0 Å². The maximum absolute atomic E-state index is 11.3. The molecule has 0 rings (SSSR count). The maximum atomic E-state index is 11.3. The number of hydrogen-bond donors (Lipinski definition) is 2. The van der Waals surface area contributed by atoms with E-state index in [1.807, 2.05) is 19.2 Å². The number of ether oxygens (including phenoxy) is 2. The summed E-state index contributed by atoms with van der Waals surface area (Å²) in [6.07, 6.45) is -0.837. The zero-order valence-corrected chi connectivity index (χ0v) is 10.4. The lowest BCUT2D eigenvalue weighted by atomic mass is 10.0. The minimum absolute atomic E-state index is 0.0339. The molecule has 0 saturated carbocycles. The summed E-state index contributed by atoms with van der Waals surface area (Å²) in [4.78, 5) is 33.3. The van der Waals surface area contributed by atoms with Crippen LogP contribution in [0.2, 0.25) is 0 Å². The first-order chi connectivity index (χ1) is 7.92. The van der Waals surface area contributed by atoms with E-state index in [0.29, 0.717) is 0 Å². The van der Waals surface area contributed by atoms with Crippen LogP contribution in [0.15, 0.2) is 0 Å². The third kappa shape index (κ3) is 5.86. The molecular weight excluding hydrogens is 228 g/mol. The average molecular weight is 246 g/mol. The second-order valence-corrected chi connectivity index (χ2v) is 3.67. The van der Waals surface area contributed by atoms with Gasteiger partial charge in [0.2, 0.25) is 5.91 Å². The molecule has 0 fully saturated rings. The Morgan fingerprint density at radius 2 is 1.71 bits per heavy atom. The zero-order valence-electron chi connectivity index (χ0n) is 10.4. The number of nitrogens with one attached hydrogen (secondary N) is 2. The Hall–Kier alpha value is -1.63. The van der Waals surface area contributed by atoms with Crippen LogP contribution >= 0.6 is 0 Å². The largest absolute Gasteiger partial charge is 0.468 e. The summed E-state index contributed by atoms with van der Waals surface area (Å²) in [7, 11) is 2.43. The van der Waals surface area contributed by atoms with Crippen molar-refractivity contribution in [3.8, 4) is 0 Å². The van der Waals surface area contributed by atoms with Crippen LogP contribution in [0.5, 0.6) is 0 Å². The van der Waals surface area contributed by atoms with Gasteiger partial charge in [0.1, 0.15) is 6.04 Å². The van der Waals surface area contributed by atoms with E-state index in [9.17, 15) is 14.4 Å². The second kappa shape index (κ2) is 7.61. The van der Waals surface area contributed by atoms with Crippen LogP contribution in [0, 0.1) is 5.92 Å². The van der Waals surface area contributed by atoms with Gasteiger partial charge in [0.25, 0.3) is 0 Å². The fraction of sp³-hybridized carbons (Fsp3) is 0.700. The molecule has 0 aromatic rings. The van der Waals surface area contributed by atoms with Crippen LogP contribution in [-0.4, -0.2) is 44.8 Å². The van der Waals surface area contributed by atoms with E-state index in [0.717, 1.165) is 7.11 Å². The lowest BCUT2D eigenvalue weighted by Gasteiger charge is -2.19. The standard InChI is InChI=1S/C10H18N2O5/c1-6(2)8(9(14)16-3)11-5-7(13)12-10(15)17-4/h6,8,11H,5H2,1-4H3,(H,12,13,15). The van der Waals surface area contributed by atoms with Gasteiger partial charge in [-0.15, -0.1) is 0 Å². The molecule has 0 radical (unpaired) electrons. The van der Waals surface area contributed by atoms with Gasteiger partial charge in [-0.3, -0.25) is 20.2 Å².